The summed E-state index contributed by atoms with van der Waals surface area (Å²) in [6.45, 7) is 2.68. The minimum absolute atomic E-state index is 0.0696. The van der Waals surface area contributed by atoms with Crippen molar-refractivity contribution < 1.29 is 9.53 Å². The fourth-order valence-corrected chi connectivity index (χ4v) is 2.94. The predicted octanol–water partition coefficient (Wildman–Crippen LogP) is 2.87. The molecule has 0 amide bonds. The molecule has 1 unspecified atom stereocenters. The van der Waals surface area contributed by atoms with Crippen molar-refractivity contribution in [3.63, 3.8) is 0 Å². The Labute approximate surface area is 91.7 Å². The lowest BCUT2D eigenvalue weighted by Gasteiger charge is -2.37. The summed E-state index contributed by atoms with van der Waals surface area (Å²) in [4.78, 5) is 11.8. The van der Waals surface area contributed by atoms with E-state index in [0.29, 0.717) is 5.78 Å². The number of carbonyl (C=O) groups excluding carboxylic acids is 1. The van der Waals surface area contributed by atoms with Gasteiger partial charge in [0.15, 0.2) is 5.78 Å². The second-order valence-electron chi connectivity index (χ2n) is 4.83. The van der Waals surface area contributed by atoms with Crippen LogP contribution in [0.4, 0.5) is 0 Å². The quantitative estimate of drug-likeness (QED) is 0.652. The fraction of sp³-hybridized carbons (Fsp3) is 0.769. The molecule has 15 heavy (non-hydrogen) atoms. The zero-order valence-corrected chi connectivity index (χ0v) is 9.50. The van der Waals surface area contributed by atoms with E-state index < -0.39 is 0 Å². The van der Waals surface area contributed by atoms with Gasteiger partial charge in [0.25, 0.3) is 0 Å². The molecule has 0 radical (unpaired) electrons. The molecule has 2 nitrogen and oxygen atoms in total. The van der Waals surface area contributed by atoms with E-state index in [0.717, 1.165) is 32.3 Å². The van der Waals surface area contributed by atoms with Crippen LogP contribution in [0.5, 0.6) is 0 Å². The van der Waals surface area contributed by atoms with Crippen molar-refractivity contribution in [2.24, 2.45) is 5.92 Å². The van der Waals surface area contributed by atoms with Crippen molar-refractivity contribution >= 4 is 5.78 Å². The van der Waals surface area contributed by atoms with E-state index in [2.05, 4.69) is 0 Å². The highest BCUT2D eigenvalue weighted by molar-refractivity contribution is 5.91. The van der Waals surface area contributed by atoms with E-state index in [1.54, 1.807) is 6.08 Å². The first kappa shape index (κ1) is 10.9. The van der Waals surface area contributed by atoms with Crippen LogP contribution in [0.25, 0.3) is 0 Å². The summed E-state index contributed by atoms with van der Waals surface area (Å²) >= 11 is 0. The number of ketones is 1. The molecule has 0 N–H and O–H groups in total. The Hall–Kier alpha value is -0.630. The van der Waals surface area contributed by atoms with Gasteiger partial charge in [-0.15, -0.1) is 0 Å². The van der Waals surface area contributed by atoms with Crippen molar-refractivity contribution in [3.05, 3.63) is 12.2 Å². The highest BCUT2D eigenvalue weighted by Gasteiger charge is 2.41. The van der Waals surface area contributed by atoms with E-state index in [-0.39, 0.29) is 11.5 Å². The van der Waals surface area contributed by atoms with Gasteiger partial charge in [-0.2, -0.15) is 0 Å². The second-order valence-corrected chi connectivity index (χ2v) is 4.83. The number of carbonyl (C=O) groups is 1. The third kappa shape index (κ3) is 2.31. The molecule has 1 aliphatic carbocycles. The zero-order valence-electron chi connectivity index (χ0n) is 9.50. The average Bonchev–Trinajstić information content (AvgIpc) is 2.67. The lowest BCUT2D eigenvalue weighted by molar-refractivity contribution is -0.132. The third-order valence-corrected chi connectivity index (χ3v) is 3.74. The maximum atomic E-state index is 11.8. The number of allylic oxidation sites excluding steroid dienone is 2. The highest BCUT2D eigenvalue weighted by atomic mass is 16.5. The number of hydrogen-bond acceptors (Lipinski definition) is 2. The molecule has 1 saturated carbocycles. The summed E-state index contributed by atoms with van der Waals surface area (Å²) in [5.41, 5.74) is 0.0696. The fourth-order valence-electron chi connectivity index (χ4n) is 2.94. The van der Waals surface area contributed by atoms with Gasteiger partial charge in [0.1, 0.15) is 0 Å². The van der Waals surface area contributed by atoms with E-state index in [4.69, 9.17) is 4.74 Å². The Morgan fingerprint density at radius 2 is 2.13 bits per heavy atom. The SMILES string of the molecule is C/C=C/C(=O)C1CCOC2(CCCC2)C1. The van der Waals surface area contributed by atoms with Gasteiger partial charge in [-0.1, -0.05) is 18.9 Å². The molecular weight excluding hydrogens is 188 g/mol. The average molecular weight is 208 g/mol. The van der Waals surface area contributed by atoms with Crippen LogP contribution in [0, 0.1) is 5.92 Å². The summed E-state index contributed by atoms with van der Waals surface area (Å²) in [5, 5.41) is 0. The van der Waals surface area contributed by atoms with Crippen LogP contribution in [0.15, 0.2) is 12.2 Å². The van der Waals surface area contributed by atoms with Gasteiger partial charge >= 0.3 is 0 Å². The third-order valence-electron chi connectivity index (χ3n) is 3.74. The molecule has 0 aromatic rings. The van der Waals surface area contributed by atoms with Crippen LogP contribution in [0.2, 0.25) is 0 Å². The monoisotopic (exact) mass is 208 g/mol. The standard InChI is InChI=1S/C13H20O2/c1-2-5-12(14)11-6-9-15-13(10-11)7-3-4-8-13/h2,5,11H,3-4,6-10H2,1H3/b5-2+. The van der Waals surface area contributed by atoms with Crippen molar-refractivity contribution in [3.8, 4) is 0 Å². The summed E-state index contributed by atoms with van der Waals surface area (Å²) in [6, 6.07) is 0. The van der Waals surface area contributed by atoms with Gasteiger partial charge in [-0.05, 0) is 38.7 Å². The molecule has 2 heteroatoms. The molecule has 0 bridgehead atoms. The molecule has 2 aliphatic rings. The van der Waals surface area contributed by atoms with E-state index in [9.17, 15) is 4.79 Å². The van der Waals surface area contributed by atoms with Gasteiger partial charge in [-0.25, -0.2) is 0 Å². The van der Waals surface area contributed by atoms with Crippen LogP contribution in [0.1, 0.15) is 45.4 Å². The number of rotatable bonds is 2. The summed E-state index contributed by atoms with van der Waals surface area (Å²) in [6.07, 6.45) is 10.3. The van der Waals surface area contributed by atoms with Crippen molar-refractivity contribution in [2.75, 3.05) is 6.61 Å². The molecule has 2 rings (SSSR count). The smallest absolute Gasteiger partial charge is 0.158 e. The van der Waals surface area contributed by atoms with E-state index in [1.165, 1.54) is 12.8 Å². The maximum absolute atomic E-state index is 11.8. The molecule has 1 spiro atoms. The second kappa shape index (κ2) is 4.48. The molecular formula is C13H20O2. The summed E-state index contributed by atoms with van der Waals surface area (Å²) < 4.78 is 5.91. The first-order valence-corrected chi connectivity index (χ1v) is 6.06. The molecule has 0 aromatic heterocycles. The van der Waals surface area contributed by atoms with Crippen LogP contribution in [0.3, 0.4) is 0 Å². The highest BCUT2D eigenvalue weighted by Crippen LogP contribution is 2.42. The van der Waals surface area contributed by atoms with E-state index >= 15 is 0 Å². The summed E-state index contributed by atoms with van der Waals surface area (Å²) in [5.74, 6) is 0.514. The molecule has 0 aromatic carbocycles. The molecule has 2 fully saturated rings. The van der Waals surface area contributed by atoms with Crippen LogP contribution < -0.4 is 0 Å². The maximum Gasteiger partial charge on any atom is 0.158 e. The minimum Gasteiger partial charge on any atom is -0.375 e. The Balaban J connectivity index is 2.00. The van der Waals surface area contributed by atoms with Gasteiger partial charge in [0.05, 0.1) is 5.60 Å². The topological polar surface area (TPSA) is 26.3 Å². The molecule has 1 heterocycles. The Morgan fingerprint density at radius 1 is 1.40 bits per heavy atom. The Morgan fingerprint density at radius 3 is 2.80 bits per heavy atom. The van der Waals surface area contributed by atoms with Crippen LogP contribution in [-0.4, -0.2) is 18.0 Å². The lowest BCUT2D eigenvalue weighted by Crippen LogP contribution is -2.39. The first-order chi connectivity index (χ1) is 7.26. The number of hydrogen-bond donors (Lipinski definition) is 0. The van der Waals surface area contributed by atoms with Crippen LogP contribution >= 0.6 is 0 Å². The molecule has 1 saturated heterocycles. The minimum atomic E-state index is 0.0696. The first-order valence-electron chi connectivity index (χ1n) is 6.06. The van der Waals surface area contributed by atoms with Crippen molar-refractivity contribution in [2.45, 2.75) is 51.0 Å². The predicted molar refractivity (Wildman–Crippen MR) is 59.7 cm³/mol. The van der Waals surface area contributed by atoms with Crippen LogP contribution in [-0.2, 0) is 9.53 Å². The van der Waals surface area contributed by atoms with E-state index in [1.807, 2.05) is 13.0 Å². The normalized spacial score (nSPS) is 30.1. The summed E-state index contributed by atoms with van der Waals surface area (Å²) in [7, 11) is 0. The Bertz CT molecular complexity index is 262. The zero-order chi connectivity index (χ0) is 10.7. The largest absolute Gasteiger partial charge is 0.375 e. The van der Waals surface area contributed by atoms with Crippen molar-refractivity contribution in [1.82, 2.24) is 0 Å². The Kier molecular flexibility index (Phi) is 3.25. The van der Waals surface area contributed by atoms with Gasteiger partial charge in [0, 0.05) is 12.5 Å². The van der Waals surface area contributed by atoms with Gasteiger partial charge in [-0.3, -0.25) is 4.79 Å². The molecule has 1 atom stereocenters. The van der Waals surface area contributed by atoms with Gasteiger partial charge < -0.3 is 4.74 Å². The lowest BCUT2D eigenvalue weighted by atomic mass is 9.82. The van der Waals surface area contributed by atoms with Gasteiger partial charge in [0.2, 0.25) is 0 Å². The van der Waals surface area contributed by atoms with Crippen molar-refractivity contribution in [1.29, 1.82) is 0 Å². The molecule has 84 valence electrons. The molecule has 1 aliphatic heterocycles. The number of ether oxygens (including phenoxy) is 1.